The summed E-state index contributed by atoms with van der Waals surface area (Å²) in [7, 11) is 0. The molecule has 4 rings (SSSR count). The van der Waals surface area contributed by atoms with Crippen molar-refractivity contribution in [2.24, 2.45) is 0 Å². The summed E-state index contributed by atoms with van der Waals surface area (Å²) >= 11 is 0. The maximum atomic E-state index is 13.4. The number of aromatic nitrogens is 3. The lowest BCUT2D eigenvalue weighted by molar-refractivity contribution is 0.0972. The fourth-order valence-corrected chi connectivity index (χ4v) is 2.56. The first-order valence-corrected chi connectivity index (χ1v) is 6.57. The van der Waals surface area contributed by atoms with E-state index >= 15 is 0 Å². The van der Waals surface area contributed by atoms with E-state index in [0.29, 0.717) is 16.8 Å². The Labute approximate surface area is 124 Å². The monoisotopic (exact) mass is 293 g/mol. The lowest BCUT2D eigenvalue weighted by Gasteiger charge is -2.14. The van der Waals surface area contributed by atoms with Crippen molar-refractivity contribution in [1.29, 1.82) is 0 Å². The summed E-state index contributed by atoms with van der Waals surface area (Å²) in [6.45, 7) is 0. The smallest absolute Gasteiger partial charge is 0.216 e. The van der Waals surface area contributed by atoms with E-state index in [1.807, 2.05) is 0 Å². The molecule has 106 valence electrons. The summed E-state index contributed by atoms with van der Waals surface area (Å²) in [5, 5.41) is 7.66. The van der Waals surface area contributed by atoms with Gasteiger partial charge in [-0.1, -0.05) is 35.5 Å². The Bertz CT molecular complexity index is 946. The van der Waals surface area contributed by atoms with Gasteiger partial charge in [-0.2, -0.15) is 0 Å². The van der Waals surface area contributed by atoms with Gasteiger partial charge in [0.1, 0.15) is 11.5 Å². The molecule has 0 fully saturated rings. The molecule has 6 heteroatoms. The molecule has 22 heavy (non-hydrogen) atoms. The maximum Gasteiger partial charge on any atom is 0.216 e. The molecule has 1 aliphatic carbocycles. The Morgan fingerprint density at radius 2 is 1.64 bits per heavy atom. The highest BCUT2D eigenvalue weighted by Gasteiger charge is 2.35. The van der Waals surface area contributed by atoms with Crippen molar-refractivity contribution >= 4 is 11.6 Å². The normalized spacial score (nSPS) is 13.0. The number of benzene rings is 2. The Hall–Kier alpha value is -3.15. The van der Waals surface area contributed by atoms with Gasteiger partial charge in [0.25, 0.3) is 0 Å². The van der Waals surface area contributed by atoms with Crippen LogP contribution < -0.4 is 0 Å². The zero-order chi connectivity index (χ0) is 15.3. The molecule has 1 aliphatic rings. The van der Waals surface area contributed by atoms with Crippen LogP contribution in [0.15, 0.2) is 48.5 Å². The zero-order valence-corrected chi connectivity index (χ0v) is 11.2. The van der Waals surface area contributed by atoms with Gasteiger partial charge in [0.15, 0.2) is 5.69 Å². The van der Waals surface area contributed by atoms with Crippen LogP contribution in [0.25, 0.3) is 5.69 Å². The first-order valence-electron chi connectivity index (χ1n) is 6.57. The van der Waals surface area contributed by atoms with Crippen LogP contribution >= 0.6 is 0 Å². The predicted octanol–water partition coefficient (Wildman–Crippen LogP) is 2.18. The third kappa shape index (κ3) is 1.64. The van der Waals surface area contributed by atoms with E-state index in [4.69, 9.17) is 0 Å². The van der Waals surface area contributed by atoms with Gasteiger partial charge in [0, 0.05) is 11.1 Å². The lowest BCUT2D eigenvalue weighted by atomic mass is 9.90. The van der Waals surface area contributed by atoms with E-state index in [0.717, 1.165) is 0 Å². The molecule has 0 amide bonds. The highest BCUT2D eigenvalue weighted by molar-refractivity contribution is 6.27. The van der Waals surface area contributed by atoms with Gasteiger partial charge in [-0.3, -0.25) is 9.59 Å². The van der Waals surface area contributed by atoms with E-state index in [9.17, 15) is 14.0 Å². The topological polar surface area (TPSA) is 64.8 Å². The number of ketones is 2. The summed E-state index contributed by atoms with van der Waals surface area (Å²) in [6, 6.07) is 12.2. The number of rotatable bonds is 1. The largest absolute Gasteiger partial charge is 0.287 e. The van der Waals surface area contributed by atoms with Gasteiger partial charge in [-0.05, 0) is 18.2 Å². The van der Waals surface area contributed by atoms with Crippen LogP contribution in [0.2, 0.25) is 0 Å². The van der Waals surface area contributed by atoms with Crippen molar-refractivity contribution in [2.75, 3.05) is 0 Å². The number of hydrogen-bond acceptors (Lipinski definition) is 4. The van der Waals surface area contributed by atoms with Crippen molar-refractivity contribution in [3.63, 3.8) is 0 Å². The molecular formula is C16H8FN3O2. The van der Waals surface area contributed by atoms with Crippen molar-refractivity contribution in [3.05, 3.63) is 76.9 Å². The summed E-state index contributed by atoms with van der Waals surface area (Å²) in [5.41, 5.74) is 1.02. The van der Waals surface area contributed by atoms with Gasteiger partial charge in [-0.15, -0.1) is 5.10 Å². The summed E-state index contributed by atoms with van der Waals surface area (Å²) in [4.78, 5) is 25.1. The average Bonchev–Trinajstić information content (AvgIpc) is 2.98. The minimum atomic E-state index is -0.461. The molecule has 0 atom stereocenters. The van der Waals surface area contributed by atoms with Gasteiger partial charge in [0.05, 0.1) is 5.69 Å². The summed E-state index contributed by atoms with van der Waals surface area (Å²) in [5.74, 6) is -1.16. The number of halogens is 1. The molecule has 0 bridgehead atoms. The van der Waals surface area contributed by atoms with Crippen LogP contribution in [-0.4, -0.2) is 26.6 Å². The van der Waals surface area contributed by atoms with Crippen LogP contribution in [0.1, 0.15) is 32.1 Å². The number of fused-ring (bicyclic) bond motifs is 2. The Morgan fingerprint density at radius 1 is 0.909 bits per heavy atom. The van der Waals surface area contributed by atoms with Crippen LogP contribution in [0, 0.1) is 5.82 Å². The van der Waals surface area contributed by atoms with Crippen LogP contribution in [0.5, 0.6) is 0 Å². The van der Waals surface area contributed by atoms with Gasteiger partial charge in [0.2, 0.25) is 11.6 Å². The minimum absolute atomic E-state index is 0.00652. The second kappa shape index (κ2) is 4.42. The van der Waals surface area contributed by atoms with Gasteiger partial charge >= 0.3 is 0 Å². The number of nitrogens with zero attached hydrogens (tertiary/aromatic N) is 3. The van der Waals surface area contributed by atoms with Crippen molar-refractivity contribution in [3.8, 4) is 5.69 Å². The molecule has 5 nitrogen and oxygen atoms in total. The summed E-state index contributed by atoms with van der Waals surface area (Å²) in [6.07, 6.45) is 0. The molecule has 3 aromatic rings. The minimum Gasteiger partial charge on any atom is -0.287 e. The molecule has 0 saturated carbocycles. The third-order valence-corrected chi connectivity index (χ3v) is 3.57. The van der Waals surface area contributed by atoms with Crippen molar-refractivity contribution in [2.45, 2.75) is 0 Å². The fourth-order valence-electron chi connectivity index (χ4n) is 2.56. The van der Waals surface area contributed by atoms with Gasteiger partial charge in [-0.25, -0.2) is 9.07 Å². The van der Waals surface area contributed by atoms with E-state index in [1.165, 1.54) is 22.9 Å². The fraction of sp³-hybridized carbons (Fsp3) is 0. The molecule has 1 aromatic heterocycles. The second-order valence-electron chi connectivity index (χ2n) is 4.88. The third-order valence-electron chi connectivity index (χ3n) is 3.57. The van der Waals surface area contributed by atoms with E-state index in [2.05, 4.69) is 10.3 Å². The van der Waals surface area contributed by atoms with Gasteiger partial charge < -0.3 is 0 Å². The first kappa shape index (κ1) is 12.6. The lowest BCUT2D eigenvalue weighted by Crippen LogP contribution is -2.23. The quantitative estimate of drug-likeness (QED) is 0.539. The van der Waals surface area contributed by atoms with Crippen molar-refractivity contribution < 1.29 is 14.0 Å². The highest BCUT2D eigenvalue weighted by Crippen LogP contribution is 2.27. The van der Waals surface area contributed by atoms with Crippen LogP contribution in [0.4, 0.5) is 4.39 Å². The molecular weight excluding hydrogens is 285 g/mol. The SMILES string of the molecule is O=C1c2ccccc2C(=O)c2c1nnn2-c1cccc(F)c1. The number of carbonyl (C=O) groups is 2. The molecule has 0 radical (unpaired) electrons. The Kier molecular flexibility index (Phi) is 2.53. The standard InChI is InChI=1S/C16H8FN3O2/c17-9-4-3-5-10(8-9)20-14-13(18-19-20)15(21)11-6-1-2-7-12(11)16(14)22/h1-8H. The van der Waals surface area contributed by atoms with E-state index < -0.39 is 5.82 Å². The van der Waals surface area contributed by atoms with E-state index in [1.54, 1.807) is 30.3 Å². The summed E-state index contributed by atoms with van der Waals surface area (Å²) < 4.78 is 14.6. The predicted molar refractivity (Wildman–Crippen MR) is 74.6 cm³/mol. The molecule has 0 unspecified atom stereocenters. The van der Waals surface area contributed by atoms with Crippen LogP contribution in [0.3, 0.4) is 0 Å². The Morgan fingerprint density at radius 3 is 2.36 bits per heavy atom. The molecule has 0 spiro atoms. The van der Waals surface area contributed by atoms with Crippen molar-refractivity contribution in [1.82, 2.24) is 15.0 Å². The highest BCUT2D eigenvalue weighted by atomic mass is 19.1. The molecule has 0 saturated heterocycles. The second-order valence-corrected chi connectivity index (χ2v) is 4.88. The molecule has 1 heterocycles. The van der Waals surface area contributed by atoms with Crippen LogP contribution in [-0.2, 0) is 0 Å². The Balaban J connectivity index is 1.97. The first-order chi connectivity index (χ1) is 10.7. The maximum absolute atomic E-state index is 13.4. The average molecular weight is 293 g/mol. The number of carbonyl (C=O) groups excluding carboxylic acids is 2. The molecule has 2 aromatic carbocycles. The molecule has 0 aliphatic heterocycles. The zero-order valence-electron chi connectivity index (χ0n) is 11.2. The van der Waals surface area contributed by atoms with E-state index in [-0.39, 0.29) is 23.0 Å². The molecule has 0 N–H and O–H groups in total. The number of hydrogen-bond donors (Lipinski definition) is 0.